The number of thiophene rings is 1. The van der Waals surface area contributed by atoms with Crippen LogP contribution < -0.4 is 9.75 Å². The van der Waals surface area contributed by atoms with Crippen molar-refractivity contribution < 1.29 is 5.48 Å². The lowest BCUT2D eigenvalue weighted by atomic mass is 9.85. The van der Waals surface area contributed by atoms with E-state index >= 15 is 0 Å². The first-order chi connectivity index (χ1) is 14.1. The number of pyridine rings is 1. The summed E-state index contributed by atoms with van der Waals surface area (Å²) in [7, 11) is 0. The van der Waals surface area contributed by atoms with Crippen LogP contribution in [0.15, 0.2) is 29.5 Å². The van der Waals surface area contributed by atoms with Crippen LogP contribution >= 0.6 is 11.3 Å². The van der Waals surface area contributed by atoms with Crippen molar-refractivity contribution in [1.29, 1.82) is 0 Å². The van der Waals surface area contributed by atoms with Crippen molar-refractivity contribution >= 4 is 38.8 Å². The van der Waals surface area contributed by atoms with Gasteiger partial charge in [-0.05, 0) is 55.3 Å². The van der Waals surface area contributed by atoms with Crippen LogP contribution in [0.1, 0.15) is 74.8 Å². The van der Waals surface area contributed by atoms with Crippen molar-refractivity contribution in [3.63, 3.8) is 0 Å². The third-order valence-corrected chi connectivity index (χ3v) is 6.78. The summed E-state index contributed by atoms with van der Waals surface area (Å²) in [6.07, 6.45) is 10.0. The number of aliphatic imine (C=N–C) groups is 1. The third kappa shape index (κ3) is 2.69. The maximum Gasteiger partial charge on any atom is 0.0836 e. The first-order valence-corrected chi connectivity index (χ1v) is 10.1. The summed E-state index contributed by atoms with van der Waals surface area (Å²) in [6, 6.07) is 1.93. The van der Waals surface area contributed by atoms with Crippen molar-refractivity contribution in [1.82, 2.24) is 4.98 Å². The molecule has 0 spiro atoms. The van der Waals surface area contributed by atoms with Crippen molar-refractivity contribution in [2.24, 2.45) is 4.99 Å². The van der Waals surface area contributed by atoms with Crippen molar-refractivity contribution in [3.8, 4) is 0 Å². The van der Waals surface area contributed by atoms with Crippen LogP contribution in [0.2, 0.25) is 0 Å². The van der Waals surface area contributed by atoms with Crippen molar-refractivity contribution in [2.45, 2.75) is 63.7 Å². The number of nitrogens with zero attached hydrogens (tertiary/aromatic N) is 2. The average molecular weight is 353 g/mol. The molecule has 25 heavy (non-hydrogen) atoms. The molecule has 2 unspecified atom stereocenters. The lowest BCUT2D eigenvalue weighted by Gasteiger charge is -2.21. The van der Waals surface area contributed by atoms with E-state index in [4.69, 9.17) is 10.5 Å². The van der Waals surface area contributed by atoms with E-state index in [1.165, 1.54) is 53.1 Å². The Kier molecular flexibility index (Phi) is 3.08. The SMILES string of the molecule is [2H]C1=C([2H])C([2H])C([2H])C(C2=c3sc4ccnc(C5CCCCC5)c4c3=CCC2)=N1. The minimum Gasteiger partial charge on any atom is -0.261 e. The summed E-state index contributed by atoms with van der Waals surface area (Å²) in [5, 5.41) is 2.48. The Labute approximate surface area is 158 Å². The van der Waals surface area contributed by atoms with Gasteiger partial charge >= 0.3 is 0 Å². The Morgan fingerprint density at radius 2 is 2.16 bits per heavy atom. The predicted molar refractivity (Wildman–Crippen MR) is 108 cm³/mol. The van der Waals surface area contributed by atoms with Crippen LogP contribution in [0.5, 0.6) is 0 Å². The van der Waals surface area contributed by atoms with Gasteiger partial charge in [-0.15, -0.1) is 11.3 Å². The van der Waals surface area contributed by atoms with E-state index < -0.39 is 12.8 Å². The molecule has 2 aromatic rings. The molecule has 0 saturated heterocycles. The molecule has 1 aliphatic heterocycles. The second kappa shape index (κ2) is 6.53. The summed E-state index contributed by atoms with van der Waals surface area (Å²) in [5.74, 6) is 0.521. The van der Waals surface area contributed by atoms with Gasteiger partial charge in [0, 0.05) is 41.4 Å². The first kappa shape index (κ1) is 11.8. The van der Waals surface area contributed by atoms with Crippen LogP contribution in [0.3, 0.4) is 0 Å². The fraction of sp³-hybridized carbons (Fsp3) is 0.455. The second-order valence-electron chi connectivity index (χ2n) is 7.06. The van der Waals surface area contributed by atoms with E-state index in [-0.39, 0.29) is 12.2 Å². The Morgan fingerprint density at radius 1 is 1.24 bits per heavy atom. The highest BCUT2D eigenvalue weighted by Gasteiger charge is 2.22. The minimum atomic E-state index is -1.04. The van der Waals surface area contributed by atoms with E-state index in [2.05, 4.69) is 17.1 Å². The van der Waals surface area contributed by atoms with Gasteiger partial charge in [0.15, 0.2) is 0 Å². The van der Waals surface area contributed by atoms with Gasteiger partial charge in [0.05, 0.1) is 8.44 Å². The number of hydrogen-bond acceptors (Lipinski definition) is 3. The van der Waals surface area contributed by atoms with Crippen LogP contribution in [0, 0.1) is 0 Å². The number of fused-ring (bicyclic) bond motifs is 3. The number of aromatic nitrogens is 1. The third-order valence-electron chi connectivity index (χ3n) is 5.55. The molecule has 5 rings (SSSR count). The van der Waals surface area contributed by atoms with E-state index in [1.807, 2.05) is 6.20 Å². The molecule has 2 aromatic heterocycles. The van der Waals surface area contributed by atoms with E-state index in [1.54, 1.807) is 11.3 Å². The van der Waals surface area contributed by atoms with Gasteiger partial charge in [-0.2, -0.15) is 0 Å². The van der Waals surface area contributed by atoms with Crippen LogP contribution in [-0.2, 0) is 0 Å². The normalized spacial score (nSPS) is 30.1. The maximum absolute atomic E-state index is 8.48. The van der Waals surface area contributed by atoms with Gasteiger partial charge in [0.25, 0.3) is 0 Å². The number of hydrogen-bond donors (Lipinski definition) is 0. The summed E-state index contributed by atoms with van der Waals surface area (Å²) in [5.41, 5.74) is 2.73. The van der Waals surface area contributed by atoms with Crippen molar-refractivity contribution in [3.05, 3.63) is 39.9 Å². The average Bonchev–Trinajstić information content (AvgIpc) is 3.14. The molecule has 3 aliphatic rings. The fourth-order valence-electron chi connectivity index (χ4n) is 4.37. The minimum absolute atomic E-state index is 0.155. The molecule has 0 bridgehead atoms. The van der Waals surface area contributed by atoms with Gasteiger partial charge in [-0.3, -0.25) is 9.98 Å². The Bertz CT molecular complexity index is 1160. The van der Waals surface area contributed by atoms with Gasteiger partial charge in [0.2, 0.25) is 0 Å². The molecule has 0 radical (unpaired) electrons. The molecule has 3 heteroatoms. The molecule has 0 amide bonds. The van der Waals surface area contributed by atoms with Crippen LogP contribution in [0.4, 0.5) is 0 Å². The molecule has 1 saturated carbocycles. The van der Waals surface area contributed by atoms with Crippen LogP contribution in [0.25, 0.3) is 21.7 Å². The van der Waals surface area contributed by atoms with Gasteiger partial charge in [-0.1, -0.05) is 31.4 Å². The number of rotatable bonds is 2. The van der Waals surface area contributed by atoms with Gasteiger partial charge in [0.1, 0.15) is 0 Å². The molecule has 2 aliphatic carbocycles. The molecular formula is C22H24N2S. The molecule has 128 valence electrons. The number of allylic oxidation sites excluding steroid dienone is 1. The van der Waals surface area contributed by atoms with Crippen LogP contribution in [-0.4, -0.2) is 10.7 Å². The Hall–Kier alpha value is -1.74. The quantitative estimate of drug-likeness (QED) is 0.761. The Balaban J connectivity index is 1.75. The standard InChI is InChI=1S/C22H24N2S/c1-2-7-15(8-3-1)21-20-17-10-6-9-16(18-11-4-5-13-23-18)22(17)25-19(20)12-14-24-21/h5,10,12-15H,1-4,6-9,11H2/i4D,5D,11D,13D. The predicted octanol–water partition coefficient (Wildman–Crippen LogP) is 4.82. The molecule has 2 nitrogen and oxygen atoms in total. The lowest BCUT2D eigenvalue weighted by Crippen LogP contribution is -2.29. The van der Waals surface area contributed by atoms with Gasteiger partial charge < -0.3 is 0 Å². The summed E-state index contributed by atoms with van der Waals surface area (Å²) >= 11 is 1.73. The smallest absolute Gasteiger partial charge is 0.0836 e. The summed E-state index contributed by atoms with van der Waals surface area (Å²) in [6.45, 7) is 0. The topological polar surface area (TPSA) is 25.2 Å². The zero-order valence-corrected chi connectivity index (χ0v) is 15.0. The highest BCUT2D eigenvalue weighted by molar-refractivity contribution is 7.17. The van der Waals surface area contributed by atoms with Gasteiger partial charge in [-0.25, -0.2) is 0 Å². The maximum atomic E-state index is 8.48. The second-order valence-corrected chi connectivity index (χ2v) is 8.11. The highest BCUT2D eigenvalue weighted by atomic mass is 32.1. The van der Waals surface area contributed by atoms with E-state index in [0.29, 0.717) is 11.6 Å². The molecule has 2 atom stereocenters. The molecule has 1 fully saturated rings. The Morgan fingerprint density at radius 3 is 3.08 bits per heavy atom. The fourth-order valence-corrected chi connectivity index (χ4v) is 5.66. The molecule has 3 heterocycles. The molecule has 0 aromatic carbocycles. The van der Waals surface area contributed by atoms with Crippen molar-refractivity contribution in [2.75, 3.05) is 0 Å². The summed E-state index contributed by atoms with van der Waals surface area (Å²) < 4.78 is 34.8. The van der Waals surface area contributed by atoms with E-state index in [0.717, 1.165) is 22.9 Å². The summed E-state index contributed by atoms with van der Waals surface area (Å²) in [4.78, 5) is 9.12. The molecular weight excluding hydrogens is 324 g/mol. The zero-order chi connectivity index (χ0) is 20.1. The molecule has 0 N–H and O–H groups in total. The monoisotopic (exact) mass is 352 g/mol. The van der Waals surface area contributed by atoms with E-state index in [9.17, 15) is 0 Å². The zero-order valence-electron chi connectivity index (χ0n) is 18.2. The highest BCUT2D eigenvalue weighted by Crippen LogP contribution is 2.35. The largest absolute Gasteiger partial charge is 0.261 e. The lowest BCUT2D eigenvalue weighted by molar-refractivity contribution is 0.439. The first-order valence-electron chi connectivity index (χ1n) is 11.4.